The highest BCUT2D eigenvalue weighted by atomic mass is 35.5. The minimum Gasteiger partial charge on any atom is -0.397 e. The number of nitrogens with one attached hydrogen (secondary N) is 1. The van der Waals surface area contributed by atoms with Gasteiger partial charge in [-0.3, -0.25) is 0 Å². The van der Waals surface area contributed by atoms with E-state index in [0.29, 0.717) is 11.1 Å². The van der Waals surface area contributed by atoms with E-state index >= 15 is 0 Å². The normalized spacial score (nSPS) is 17.1. The Morgan fingerprint density at radius 2 is 2.00 bits per heavy atom. The van der Waals surface area contributed by atoms with Crippen LogP contribution in [0.15, 0.2) is 12.1 Å². The summed E-state index contributed by atoms with van der Waals surface area (Å²) in [6.45, 7) is 2.10. The molecule has 0 amide bonds. The molecule has 1 aromatic rings. The minimum absolute atomic E-state index is 0.605. The lowest BCUT2D eigenvalue weighted by molar-refractivity contribution is 0.463. The Bertz CT molecular complexity index is 384. The van der Waals surface area contributed by atoms with Gasteiger partial charge in [0.15, 0.2) is 0 Å². The molecule has 0 unspecified atom stereocenters. The van der Waals surface area contributed by atoms with Crippen molar-refractivity contribution in [1.82, 2.24) is 0 Å². The summed E-state index contributed by atoms with van der Waals surface area (Å²) >= 11 is 6.15. The molecule has 0 aliphatic heterocycles. The number of benzene rings is 1. The molecule has 0 radical (unpaired) electrons. The van der Waals surface area contributed by atoms with Gasteiger partial charge in [0.2, 0.25) is 0 Å². The molecular formula is C14H21ClN2. The summed E-state index contributed by atoms with van der Waals surface area (Å²) in [5.74, 6) is 0. The van der Waals surface area contributed by atoms with Crippen molar-refractivity contribution in [3.05, 3.63) is 22.7 Å². The van der Waals surface area contributed by atoms with Gasteiger partial charge in [0, 0.05) is 11.7 Å². The van der Waals surface area contributed by atoms with Crippen molar-refractivity contribution in [1.29, 1.82) is 0 Å². The largest absolute Gasteiger partial charge is 0.397 e. The Balaban J connectivity index is 2.12. The molecule has 1 saturated carbocycles. The maximum atomic E-state index is 6.15. The fourth-order valence-corrected chi connectivity index (χ4v) is 2.77. The molecule has 0 heterocycles. The van der Waals surface area contributed by atoms with Gasteiger partial charge in [-0.1, -0.05) is 37.8 Å². The van der Waals surface area contributed by atoms with Crippen LogP contribution < -0.4 is 11.1 Å². The molecular weight excluding hydrogens is 232 g/mol. The molecule has 3 heteroatoms. The van der Waals surface area contributed by atoms with Gasteiger partial charge >= 0.3 is 0 Å². The number of hydrogen-bond acceptors (Lipinski definition) is 2. The summed E-state index contributed by atoms with van der Waals surface area (Å²) in [6.07, 6.45) is 7.50. The fraction of sp³-hybridized carbons (Fsp3) is 0.571. The van der Waals surface area contributed by atoms with Crippen molar-refractivity contribution < 1.29 is 0 Å². The number of anilines is 2. The van der Waals surface area contributed by atoms with Crippen LogP contribution in [0.25, 0.3) is 0 Å². The van der Waals surface area contributed by atoms with Crippen LogP contribution in [-0.2, 0) is 6.42 Å². The predicted octanol–water partition coefficient (Wildman–Crippen LogP) is 4.23. The second-order valence-corrected chi connectivity index (χ2v) is 5.27. The van der Waals surface area contributed by atoms with Crippen LogP contribution >= 0.6 is 11.6 Å². The molecule has 17 heavy (non-hydrogen) atoms. The van der Waals surface area contributed by atoms with Crippen LogP contribution in [0.1, 0.15) is 44.6 Å². The van der Waals surface area contributed by atoms with E-state index in [1.165, 1.54) is 32.1 Å². The van der Waals surface area contributed by atoms with Crippen molar-refractivity contribution >= 4 is 23.0 Å². The summed E-state index contributed by atoms with van der Waals surface area (Å²) < 4.78 is 0. The van der Waals surface area contributed by atoms with Gasteiger partial charge in [-0.15, -0.1) is 0 Å². The fourth-order valence-electron chi connectivity index (χ4n) is 2.53. The molecule has 1 aromatic carbocycles. The maximum absolute atomic E-state index is 6.15. The number of nitrogens with two attached hydrogens (primary N) is 1. The average Bonchev–Trinajstić information content (AvgIpc) is 2.35. The highest BCUT2D eigenvalue weighted by Crippen LogP contribution is 2.30. The molecule has 0 saturated heterocycles. The Morgan fingerprint density at radius 3 is 2.65 bits per heavy atom. The van der Waals surface area contributed by atoms with Gasteiger partial charge in [-0.05, 0) is 37.0 Å². The number of aryl methyl sites for hydroxylation is 1. The SMILES string of the molecule is CCc1cc(NC2CCCCC2)cc(Cl)c1N. The quantitative estimate of drug-likeness (QED) is 0.790. The highest BCUT2D eigenvalue weighted by Gasteiger charge is 2.14. The molecule has 0 spiro atoms. The molecule has 1 aliphatic carbocycles. The standard InChI is InChI=1S/C14H21ClN2/c1-2-10-8-12(9-13(15)14(10)16)17-11-6-4-3-5-7-11/h8-9,11,17H,2-7,16H2,1H3. The van der Waals surface area contributed by atoms with Gasteiger partial charge in [-0.2, -0.15) is 0 Å². The average molecular weight is 253 g/mol. The first-order valence-electron chi connectivity index (χ1n) is 6.55. The van der Waals surface area contributed by atoms with E-state index in [1.54, 1.807) is 0 Å². The maximum Gasteiger partial charge on any atom is 0.0658 e. The highest BCUT2D eigenvalue weighted by molar-refractivity contribution is 6.33. The summed E-state index contributed by atoms with van der Waals surface area (Å²) in [5, 5.41) is 4.25. The molecule has 1 fully saturated rings. The third-order valence-electron chi connectivity index (χ3n) is 3.57. The lowest BCUT2D eigenvalue weighted by Gasteiger charge is -2.24. The van der Waals surface area contributed by atoms with E-state index in [2.05, 4.69) is 18.3 Å². The van der Waals surface area contributed by atoms with E-state index in [1.807, 2.05) is 6.07 Å². The van der Waals surface area contributed by atoms with E-state index in [-0.39, 0.29) is 0 Å². The van der Waals surface area contributed by atoms with Gasteiger partial charge < -0.3 is 11.1 Å². The van der Waals surface area contributed by atoms with E-state index in [9.17, 15) is 0 Å². The Morgan fingerprint density at radius 1 is 1.29 bits per heavy atom. The smallest absolute Gasteiger partial charge is 0.0658 e. The second-order valence-electron chi connectivity index (χ2n) is 4.86. The molecule has 0 atom stereocenters. The molecule has 2 nitrogen and oxygen atoms in total. The zero-order valence-electron chi connectivity index (χ0n) is 10.4. The third kappa shape index (κ3) is 3.06. The van der Waals surface area contributed by atoms with Gasteiger partial charge in [-0.25, -0.2) is 0 Å². The first-order chi connectivity index (χ1) is 8.20. The van der Waals surface area contributed by atoms with Gasteiger partial charge in [0.1, 0.15) is 0 Å². The Kier molecular flexibility index (Phi) is 4.16. The molecule has 3 N–H and O–H groups in total. The Labute approximate surface area is 109 Å². The number of halogens is 1. The van der Waals surface area contributed by atoms with Gasteiger partial charge in [0.25, 0.3) is 0 Å². The van der Waals surface area contributed by atoms with Crippen molar-refractivity contribution in [2.75, 3.05) is 11.1 Å². The van der Waals surface area contributed by atoms with E-state index < -0.39 is 0 Å². The lowest BCUT2D eigenvalue weighted by atomic mass is 9.95. The predicted molar refractivity (Wildman–Crippen MR) is 75.7 cm³/mol. The summed E-state index contributed by atoms with van der Waals surface area (Å²) in [4.78, 5) is 0. The third-order valence-corrected chi connectivity index (χ3v) is 3.88. The van der Waals surface area contributed by atoms with Crippen LogP contribution in [-0.4, -0.2) is 6.04 Å². The van der Waals surface area contributed by atoms with Crippen molar-refractivity contribution in [2.24, 2.45) is 0 Å². The lowest BCUT2D eigenvalue weighted by Crippen LogP contribution is -2.22. The molecule has 0 aromatic heterocycles. The van der Waals surface area contributed by atoms with Crippen LogP contribution in [0.2, 0.25) is 5.02 Å². The Hall–Kier alpha value is -0.890. The first-order valence-corrected chi connectivity index (χ1v) is 6.93. The topological polar surface area (TPSA) is 38.0 Å². The van der Waals surface area contributed by atoms with Crippen molar-refractivity contribution in [3.8, 4) is 0 Å². The van der Waals surface area contributed by atoms with Crippen LogP contribution in [0, 0.1) is 0 Å². The molecule has 0 bridgehead atoms. The first kappa shape index (κ1) is 12.6. The molecule has 1 aliphatic rings. The second kappa shape index (κ2) is 5.63. The van der Waals surface area contributed by atoms with Crippen LogP contribution in [0.3, 0.4) is 0 Å². The van der Waals surface area contributed by atoms with E-state index in [4.69, 9.17) is 17.3 Å². The van der Waals surface area contributed by atoms with Gasteiger partial charge in [0.05, 0.1) is 10.7 Å². The monoisotopic (exact) mass is 252 g/mol. The summed E-state index contributed by atoms with van der Waals surface area (Å²) in [5.41, 5.74) is 8.91. The molecule has 2 rings (SSSR count). The molecule has 94 valence electrons. The minimum atomic E-state index is 0.605. The van der Waals surface area contributed by atoms with Crippen LogP contribution in [0.5, 0.6) is 0 Å². The zero-order chi connectivity index (χ0) is 12.3. The number of hydrogen-bond donors (Lipinski definition) is 2. The summed E-state index contributed by atoms with van der Waals surface area (Å²) in [6, 6.07) is 4.69. The zero-order valence-corrected chi connectivity index (χ0v) is 11.2. The van der Waals surface area contributed by atoms with Crippen molar-refractivity contribution in [3.63, 3.8) is 0 Å². The number of nitrogen functional groups attached to an aromatic ring is 1. The summed E-state index contributed by atoms with van der Waals surface area (Å²) in [7, 11) is 0. The van der Waals surface area contributed by atoms with Crippen molar-refractivity contribution in [2.45, 2.75) is 51.5 Å². The van der Waals surface area contributed by atoms with E-state index in [0.717, 1.165) is 23.4 Å². The number of rotatable bonds is 3. The van der Waals surface area contributed by atoms with Crippen LogP contribution in [0.4, 0.5) is 11.4 Å².